The molecule has 25 heavy (non-hydrogen) atoms. The lowest BCUT2D eigenvalue weighted by Gasteiger charge is -2.29. The summed E-state index contributed by atoms with van der Waals surface area (Å²) in [6, 6.07) is 7.61. The Hall–Kier alpha value is -1.77. The summed E-state index contributed by atoms with van der Waals surface area (Å²) in [5.41, 5.74) is -3.21. The van der Waals surface area contributed by atoms with Crippen molar-refractivity contribution in [3.05, 3.63) is 29.8 Å². The van der Waals surface area contributed by atoms with Gasteiger partial charge in [-0.25, -0.2) is 4.89 Å². The molecule has 1 aromatic carbocycles. The smallest absolute Gasteiger partial charge is 0.352 e. The van der Waals surface area contributed by atoms with Crippen molar-refractivity contribution < 1.29 is 23.0 Å². The van der Waals surface area contributed by atoms with Crippen molar-refractivity contribution in [3.63, 3.8) is 0 Å². The zero-order valence-electron chi connectivity index (χ0n) is 14.6. The van der Waals surface area contributed by atoms with Gasteiger partial charge in [0.05, 0.1) is 24.1 Å². The number of hydrogen-bond acceptors (Lipinski definition) is 4. The molecule has 1 rings (SSSR count). The van der Waals surface area contributed by atoms with Crippen LogP contribution in [0.25, 0.3) is 0 Å². The molecule has 1 unspecified atom stereocenters. The van der Waals surface area contributed by atoms with E-state index in [1.54, 1.807) is 0 Å². The van der Waals surface area contributed by atoms with Crippen molar-refractivity contribution in [1.82, 2.24) is 5.32 Å². The second-order valence-electron chi connectivity index (χ2n) is 6.00. The van der Waals surface area contributed by atoms with E-state index in [4.69, 9.17) is 9.79 Å². The number of amides is 1. The highest BCUT2D eigenvalue weighted by Crippen LogP contribution is 2.69. The molecule has 0 saturated heterocycles. The van der Waals surface area contributed by atoms with Crippen molar-refractivity contribution >= 4 is 13.6 Å². The number of nitrogens with zero attached hydrogens (tertiary/aromatic N) is 1. The van der Waals surface area contributed by atoms with Gasteiger partial charge in [0, 0.05) is 12.5 Å². The molecule has 5 nitrogen and oxygen atoms in total. The molecule has 1 atom stereocenters. The molecule has 0 aliphatic heterocycles. The van der Waals surface area contributed by atoms with Gasteiger partial charge in [0.15, 0.2) is 5.75 Å². The van der Waals surface area contributed by atoms with Crippen molar-refractivity contribution in [2.75, 3.05) is 12.7 Å². The maximum Gasteiger partial charge on any atom is 0.417 e. The van der Waals surface area contributed by atoms with E-state index in [0.29, 0.717) is 12.8 Å². The van der Waals surface area contributed by atoms with Crippen molar-refractivity contribution in [2.45, 2.75) is 39.3 Å². The third-order valence-electron chi connectivity index (χ3n) is 3.59. The van der Waals surface area contributed by atoms with Gasteiger partial charge < -0.3 is 9.84 Å². The summed E-state index contributed by atoms with van der Waals surface area (Å²) in [6.45, 7) is 4.33. The molecule has 0 saturated carbocycles. The highest BCUT2D eigenvalue weighted by atomic mass is 31.2. The molecule has 0 aliphatic carbocycles. The molecule has 138 valence electrons. The van der Waals surface area contributed by atoms with Crippen LogP contribution in [0.4, 0.5) is 8.78 Å². The minimum absolute atomic E-state index is 0.00935. The van der Waals surface area contributed by atoms with Crippen LogP contribution in [0.1, 0.15) is 39.2 Å². The molecule has 0 bridgehead atoms. The second kappa shape index (κ2) is 9.07. The van der Waals surface area contributed by atoms with Crippen LogP contribution in [-0.4, -0.2) is 29.2 Å². The number of rotatable bonds is 9. The van der Waals surface area contributed by atoms with Crippen LogP contribution < -0.4 is 9.84 Å². The van der Waals surface area contributed by atoms with Gasteiger partial charge in [-0.2, -0.15) is 14.0 Å². The van der Waals surface area contributed by atoms with Crippen LogP contribution in [0.3, 0.4) is 0 Å². The summed E-state index contributed by atoms with van der Waals surface area (Å²) >= 11 is 0. The van der Waals surface area contributed by atoms with Crippen LogP contribution in [0.15, 0.2) is 24.3 Å². The first kappa shape index (κ1) is 21.3. The minimum Gasteiger partial charge on any atom is -0.352 e. The number of alkyl halides is 2. The predicted octanol–water partition coefficient (Wildman–Crippen LogP) is 3.94. The average Bonchev–Trinajstić information content (AvgIpc) is 2.54. The summed E-state index contributed by atoms with van der Waals surface area (Å²) in [4.78, 5) is 22.2. The van der Waals surface area contributed by atoms with Gasteiger partial charge in [-0.1, -0.05) is 26.8 Å². The van der Waals surface area contributed by atoms with Gasteiger partial charge in [-0.05, 0) is 18.6 Å². The van der Waals surface area contributed by atoms with Crippen molar-refractivity contribution in [1.29, 1.82) is 5.26 Å². The quantitative estimate of drug-likeness (QED) is 0.643. The Labute approximate surface area is 147 Å². The molecule has 0 aromatic heterocycles. The summed E-state index contributed by atoms with van der Waals surface area (Å²) in [7, 11) is -4.21. The van der Waals surface area contributed by atoms with E-state index < -0.39 is 19.3 Å². The molecule has 1 aromatic rings. The van der Waals surface area contributed by atoms with Crippen LogP contribution >= 0.6 is 7.72 Å². The molecule has 0 aliphatic rings. The fourth-order valence-electron chi connectivity index (χ4n) is 2.12. The van der Waals surface area contributed by atoms with Crippen LogP contribution in [0.2, 0.25) is 0 Å². The standard InChI is InChI=1S/C17H23F2N2O3P/c1-4-6-16(22)21-9-10-25(23,17(18,19)13(2)3)24-15-8-5-7-14(11-15)12-20/h5,7-8,11,13,23H,4,6,9-10H2,1-3H3/p+1. The predicted molar refractivity (Wildman–Crippen MR) is 93.5 cm³/mol. The highest BCUT2D eigenvalue weighted by molar-refractivity contribution is 7.67. The second-order valence-corrected chi connectivity index (χ2v) is 8.63. The Bertz CT molecular complexity index is 635. The Balaban J connectivity index is 2.99. The van der Waals surface area contributed by atoms with Crippen molar-refractivity contribution in [3.8, 4) is 11.8 Å². The topological polar surface area (TPSA) is 82.3 Å². The monoisotopic (exact) mass is 373 g/mol. The van der Waals surface area contributed by atoms with E-state index >= 15 is 0 Å². The summed E-state index contributed by atoms with van der Waals surface area (Å²) < 4.78 is 34.6. The molecule has 0 radical (unpaired) electrons. The minimum atomic E-state index is -4.21. The number of nitrogens with one attached hydrogen (secondary N) is 1. The maximum atomic E-state index is 14.6. The van der Waals surface area contributed by atoms with Gasteiger partial charge in [0.25, 0.3) is 0 Å². The molecule has 0 heterocycles. The van der Waals surface area contributed by atoms with Gasteiger partial charge in [-0.3, -0.25) is 4.79 Å². The first-order chi connectivity index (χ1) is 11.7. The lowest BCUT2D eigenvalue weighted by Crippen LogP contribution is -2.36. The first-order valence-electron chi connectivity index (χ1n) is 8.11. The number of carbonyl (C=O) groups is 1. The third kappa shape index (κ3) is 5.62. The van der Waals surface area contributed by atoms with Gasteiger partial charge >= 0.3 is 13.4 Å². The normalized spacial score (nSPS) is 13.8. The Kier molecular flexibility index (Phi) is 7.72. The molecule has 0 fully saturated rings. The zero-order valence-corrected chi connectivity index (χ0v) is 15.5. The summed E-state index contributed by atoms with van der Waals surface area (Å²) in [6.07, 6.45) is 0.553. The van der Waals surface area contributed by atoms with E-state index in [9.17, 15) is 18.5 Å². The Morgan fingerprint density at radius 2 is 2.16 bits per heavy atom. The third-order valence-corrected chi connectivity index (χ3v) is 6.38. The van der Waals surface area contributed by atoms with E-state index in [1.807, 2.05) is 13.0 Å². The van der Waals surface area contributed by atoms with Crippen LogP contribution in [-0.2, 0) is 4.79 Å². The van der Waals surface area contributed by atoms with Gasteiger partial charge in [0.2, 0.25) is 5.91 Å². The summed E-state index contributed by atoms with van der Waals surface area (Å²) in [5.74, 6) is -1.39. The fraction of sp³-hybridized carbons (Fsp3) is 0.529. The van der Waals surface area contributed by atoms with Crippen LogP contribution in [0.5, 0.6) is 5.75 Å². The van der Waals surface area contributed by atoms with E-state index in [2.05, 4.69) is 5.32 Å². The number of benzene rings is 1. The van der Waals surface area contributed by atoms with Crippen molar-refractivity contribution in [2.24, 2.45) is 5.92 Å². The number of halogens is 2. The van der Waals surface area contributed by atoms with Gasteiger partial charge in [-0.15, -0.1) is 0 Å². The lowest BCUT2D eigenvalue weighted by atomic mass is 10.2. The zero-order chi connectivity index (χ0) is 19.1. The van der Waals surface area contributed by atoms with E-state index in [-0.39, 0.29) is 29.9 Å². The molecule has 1 amide bonds. The molecular formula is C17H24F2N2O3P+. The molecular weight excluding hydrogens is 349 g/mol. The van der Waals surface area contributed by atoms with Gasteiger partial charge in [0.1, 0.15) is 6.16 Å². The first-order valence-corrected chi connectivity index (χ1v) is 9.96. The Morgan fingerprint density at radius 3 is 2.72 bits per heavy atom. The molecule has 8 heteroatoms. The van der Waals surface area contributed by atoms with Crippen LogP contribution in [0, 0.1) is 17.2 Å². The molecule has 2 N–H and O–H groups in total. The maximum absolute atomic E-state index is 14.6. The average molecular weight is 373 g/mol. The highest BCUT2D eigenvalue weighted by Gasteiger charge is 2.66. The fourth-order valence-corrected chi connectivity index (χ4v) is 4.31. The van der Waals surface area contributed by atoms with E-state index in [1.165, 1.54) is 38.1 Å². The number of hydrogen-bond donors (Lipinski definition) is 2. The Morgan fingerprint density at radius 1 is 1.48 bits per heavy atom. The lowest BCUT2D eigenvalue weighted by molar-refractivity contribution is -0.121. The largest absolute Gasteiger partial charge is 0.417 e. The number of nitriles is 1. The molecule has 0 spiro atoms. The SMILES string of the molecule is CCCC(=O)NCC[P+](O)(Oc1cccc(C#N)c1)C(F)(F)C(C)C. The number of carbonyl (C=O) groups excluding carboxylic acids is 1. The summed E-state index contributed by atoms with van der Waals surface area (Å²) in [5, 5.41) is 11.4. The van der Waals surface area contributed by atoms with E-state index in [0.717, 1.165) is 0 Å².